The highest BCUT2D eigenvalue weighted by Crippen LogP contribution is 2.24. The molecule has 88 valence electrons. The van der Waals surface area contributed by atoms with Gasteiger partial charge in [-0.1, -0.05) is 29.3 Å². The van der Waals surface area contributed by atoms with Gasteiger partial charge in [0.2, 0.25) is 5.28 Å². The van der Waals surface area contributed by atoms with E-state index in [2.05, 4.69) is 26.6 Å². The van der Waals surface area contributed by atoms with Crippen LogP contribution in [-0.4, -0.2) is 15.2 Å². The molecule has 1 heterocycles. The lowest BCUT2D eigenvalue weighted by Gasteiger charge is -2.09. The smallest absolute Gasteiger partial charge is 0.245 e. The molecule has 0 saturated heterocycles. The molecule has 2 aromatic rings. The van der Waals surface area contributed by atoms with Crippen molar-refractivity contribution < 1.29 is 0 Å². The zero-order valence-electron chi connectivity index (χ0n) is 9.33. The van der Waals surface area contributed by atoms with Crippen LogP contribution < -0.4 is 5.32 Å². The third-order valence-corrected chi connectivity index (χ3v) is 2.67. The first-order chi connectivity index (χ1) is 8.06. The van der Waals surface area contributed by atoms with Gasteiger partial charge in [0, 0.05) is 5.69 Å². The van der Waals surface area contributed by atoms with Gasteiger partial charge in [0.1, 0.15) is 0 Å². The summed E-state index contributed by atoms with van der Waals surface area (Å²) in [5.41, 5.74) is 3.20. The molecule has 0 atom stereocenters. The zero-order valence-corrected chi connectivity index (χ0v) is 10.8. The van der Waals surface area contributed by atoms with Crippen molar-refractivity contribution in [1.29, 1.82) is 0 Å². The van der Waals surface area contributed by atoms with E-state index in [1.165, 1.54) is 5.56 Å². The van der Waals surface area contributed by atoms with Crippen LogP contribution in [0.2, 0.25) is 10.4 Å². The van der Waals surface area contributed by atoms with Crippen LogP contribution in [0, 0.1) is 13.8 Å². The number of hydrogen-bond acceptors (Lipinski definition) is 4. The summed E-state index contributed by atoms with van der Waals surface area (Å²) in [6.07, 6.45) is 0. The number of halogens is 2. The number of benzene rings is 1. The Morgan fingerprint density at radius 1 is 1.12 bits per heavy atom. The van der Waals surface area contributed by atoms with Crippen LogP contribution >= 0.6 is 23.2 Å². The van der Waals surface area contributed by atoms with E-state index in [4.69, 9.17) is 23.2 Å². The molecule has 1 aromatic carbocycles. The molecule has 0 amide bonds. The minimum atomic E-state index is 0.0571. The van der Waals surface area contributed by atoms with Crippen LogP contribution in [0.25, 0.3) is 0 Å². The van der Waals surface area contributed by atoms with Crippen LogP contribution in [0.1, 0.15) is 11.1 Å². The second-order valence-electron chi connectivity index (χ2n) is 3.66. The molecule has 2 rings (SSSR count). The predicted octanol–water partition coefficient (Wildman–Crippen LogP) is 3.54. The quantitative estimate of drug-likeness (QED) is 0.905. The van der Waals surface area contributed by atoms with E-state index in [-0.39, 0.29) is 10.4 Å². The molecule has 4 nitrogen and oxygen atoms in total. The first-order valence-corrected chi connectivity index (χ1v) is 5.72. The summed E-state index contributed by atoms with van der Waals surface area (Å²) < 4.78 is 0. The van der Waals surface area contributed by atoms with Crippen LogP contribution in [0.3, 0.4) is 0 Å². The molecular formula is C11H10Cl2N4. The predicted molar refractivity (Wildman–Crippen MR) is 69.0 cm³/mol. The van der Waals surface area contributed by atoms with E-state index in [1.54, 1.807) is 0 Å². The van der Waals surface area contributed by atoms with E-state index in [0.29, 0.717) is 5.82 Å². The van der Waals surface area contributed by atoms with Crippen molar-refractivity contribution >= 4 is 34.7 Å². The Morgan fingerprint density at radius 2 is 1.88 bits per heavy atom. The zero-order chi connectivity index (χ0) is 12.4. The highest BCUT2D eigenvalue weighted by Gasteiger charge is 2.07. The average molecular weight is 269 g/mol. The molecule has 1 N–H and O–H groups in total. The van der Waals surface area contributed by atoms with E-state index in [1.807, 2.05) is 26.0 Å². The Balaban J connectivity index is 2.34. The van der Waals surface area contributed by atoms with Crippen LogP contribution in [-0.2, 0) is 0 Å². The van der Waals surface area contributed by atoms with Gasteiger partial charge in [-0.2, -0.15) is 4.98 Å². The Labute approximate surface area is 109 Å². The lowest BCUT2D eigenvalue weighted by Crippen LogP contribution is -2.00. The SMILES string of the molecule is Cc1ccc(Nc2nc(Cl)nnc2Cl)c(C)c1. The van der Waals surface area contributed by atoms with Gasteiger partial charge in [0.25, 0.3) is 0 Å². The highest BCUT2D eigenvalue weighted by molar-refractivity contribution is 6.32. The molecule has 0 bridgehead atoms. The summed E-state index contributed by atoms with van der Waals surface area (Å²) in [4.78, 5) is 3.98. The topological polar surface area (TPSA) is 50.7 Å². The summed E-state index contributed by atoms with van der Waals surface area (Å²) in [5.74, 6) is 0.401. The molecule has 17 heavy (non-hydrogen) atoms. The lowest BCUT2D eigenvalue weighted by atomic mass is 10.1. The number of anilines is 2. The normalized spacial score (nSPS) is 10.4. The van der Waals surface area contributed by atoms with Crippen molar-refractivity contribution in [3.8, 4) is 0 Å². The van der Waals surface area contributed by atoms with E-state index in [9.17, 15) is 0 Å². The number of aryl methyl sites for hydroxylation is 2. The molecule has 6 heteroatoms. The molecule has 0 aliphatic carbocycles. The molecule has 0 spiro atoms. The van der Waals surface area contributed by atoms with Gasteiger partial charge in [0.15, 0.2) is 11.0 Å². The molecule has 0 saturated carbocycles. The number of nitrogens with one attached hydrogen (secondary N) is 1. The summed E-state index contributed by atoms with van der Waals surface area (Å²) in [5, 5.41) is 10.6. The fraction of sp³-hybridized carbons (Fsp3) is 0.182. The standard InChI is InChI=1S/C11H10Cl2N4/c1-6-3-4-8(7(2)5-6)14-10-9(12)16-17-11(13)15-10/h3-5H,1-2H3,(H,14,15,17). The van der Waals surface area contributed by atoms with Crippen molar-refractivity contribution in [1.82, 2.24) is 15.2 Å². The van der Waals surface area contributed by atoms with Gasteiger partial charge in [-0.15, -0.1) is 10.2 Å². The lowest BCUT2D eigenvalue weighted by molar-refractivity contribution is 0.974. The van der Waals surface area contributed by atoms with Gasteiger partial charge in [-0.05, 0) is 37.1 Å². The summed E-state index contributed by atoms with van der Waals surface area (Å²) in [6.45, 7) is 4.03. The fourth-order valence-electron chi connectivity index (χ4n) is 1.45. The molecular weight excluding hydrogens is 259 g/mol. The average Bonchev–Trinajstić information content (AvgIpc) is 2.27. The van der Waals surface area contributed by atoms with Crippen molar-refractivity contribution in [3.05, 3.63) is 39.8 Å². The van der Waals surface area contributed by atoms with Gasteiger partial charge in [0.05, 0.1) is 0 Å². The van der Waals surface area contributed by atoms with Gasteiger partial charge in [-0.3, -0.25) is 0 Å². The van der Waals surface area contributed by atoms with Crippen molar-refractivity contribution in [3.63, 3.8) is 0 Å². The summed E-state index contributed by atoms with van der Waals surface area (Å²) in [6, 6.07) is 6.02. The first kappa shape index (κ1) is 12.1. The monoisotopic (exact) mass is 268 g/mol. The maximum absolute atomic E-state index is 5.87. The van der Waals surface area contributed by atoms with Crippen molar-refractivity contribution in [2.75, 3.05) is 5.32 Å². The minimum Gasteiger partial charge on any atom is -0.337 e. The number of rotatable bonds is 2. The largest absolute Gasteiger partial charge is 0.337 e. The molecule has 0 unspecified atom stereocenters. The Morgan fingerprint density at radius 3 is 2.59 bits per heavy atom. The van der Waals surface area contributed by atoms with Gasteiger partial charge >= 0.3 is 0 Å². The molecule has 0 radical (unpaired) electrons. The first-order valence-electron chi connectivity index (χ1n) is 4.96. The minimum absolute atomic E-state index is 0.0571. The van der Waals surface area contributed by atoms with Crippen molar-refractivity contribution in [2.24, 2.45) is 0 Å². The highest BCUT2D eigenvalue weighted by atomic mass is 35.5. The number of nitrogens with zero attached hydrogens (tertiary/aromatic N) is 3. The molecule has 0 aliphatic heterocycles. The number of aromatic nitrogens is 3. The maximum atomic E-state index is 5.87. The Kier molecular flexibility index (Phi) is 3.45. The number of hydrogen-bond donors (Lipinski definition) is 1. The van der Waals surface area contributed by atoms with E-state index < -0.39 is 0 Å². The molecule has 0 fully saturated rings. The summed E-state index contributed by atoms with van der Waals surface area (Å²) in [7, 11) is 0. The second-order valence-corrected chi connectivity index (χ2v) is 4.36. The molecule has 1 aromatic heterocycles. The van der Waals surface area contributed by atoms with Crippen LogP contribution in [0.15, 0.2) is 18.2 Å². The second kappa shape index (κ2) is 4.85. The Bertz CT molecular complexity index is 557. The Hall–Kier alpha value is -1.39. The van der Waals surface area contributed by atoms with Gasteiger partial charge in [-0.25, -0.2) is 0 Å². The maximum Gasteiger partial charge on any atom is 0.245 e. The third-order valence-electron chi connectivity index (χ3n) is 2.25. The van der Waals surface area contributed by atoms with Crippen molar-refractivity contribution in [2.45, 2.75) is 13.8 Å². The fourth-order valence-corrected chi connectivity index (χ4v) is 1.70. The summed E-state index contributed by atoms with van der Waals surface area (Å²) >= 11 is 11.5. The molecule has 0 aliphatic rings. The van der Waals surface area contributed by atoms with Crippen LogP contribution in [0.4, 0.5) is 11.5 Å². The van der Waals surface area contributed by atoms with Crippen LogP contribution in [0.5, 0.6) is 0 Å². The van der Waals surface area contributed by atoms with Gasteiger partial charge < -0.3 is 5.32 Å². The van der Waals surface area contributed by atoms with E-state index in [0.717, 1.165) is 11.3 Å². The third kappa shape index (κ3) is 2.84. The van der Waals surface area contributed by atoms with E-state index >= 15 is 0 Å².